The topological polar surface area (TPSA) is 40.2 Å². The van der Waals surface area contributed by atoms with E-state index < -0.39 is 0 Å². The summed E-state index contributed by atoms with van der Waals surface area (Å²) in [5.41, 5.74) is 8.71. The van der Waals surface area contributed by atoms with E-state index >= 15 is 0 Å². The first-order valence-electron chi connectivity index (χ1n) is 6.82. The Bertz CT molecular complexity index is 780. The van der Waals surface area contributed by atoms with Crippen LogP contribution >= 0.6 is 0 Å². The van der Waals surface area contributed by atoms with Crippen LogP contribution in [0.1, 0.15) is 11.1 Å². The zero-order valence-corrected chi connectivity index (χ0v) is 11.8. The van der Waals surface area contributed by atoms with Crippen LogP contribution in [-0.4, -0.2) is 11.7 Å². The van der Waals surface area contributed by atoms with Crippen molar-refractivity contribution < 1.29 is 9.13 Å². The molecule has 3 nitrogen and oxygen atoms in total. The Balaban J connectivity index is 1.97. The molecule has 0 bridgehead atoms. The SMILES string of the molecule is COc1ccc(Cn2ccc3c(F)cccc32)cc1CN. The molecule has 0 aliphatic rings. The normalized spacial score (nSPS) is 11.0. The molecule has 1 aromatic heterocycles. The fourth-order valence-corrected chi connectivity index (χ4v) is 2.61. The highest BCUT2D eigenvalue weighted by Gasteiger charge is 2.07. The zero-order chi connectivity index (χ0) is 14.8. The van der Waals surface area contributed by atoms with Crippen molar-refractivity contribution in [2.75, 3.05) is 7.11 Å². The Hall–Kier alpha value is -2.33. The highest BCUT2D eigenvalue weighted by Crippen LogP contribution is 2.23. The third kappa shape index (κ3) is 2.50. The maximum atomic E-state index is 13.7. The number of methoxy groups -OCH3 is 1. The number of rotatable bonds is 4. The van der Waals surface area contributed by atoms with E-state index in [2.05, 4.69) is 0 Å². The molecule has 1 heterocycles. The number of nitrogens with zero attached hydrogens (tertiary/aromatic N) is 1. The molecule has 3 aromatic rings. The molecule has 0 radical (unpaired) electrons. The monoisotopic (exact) mass is 284 g/mol. The van der Waals surface area contributed by atoms with Gasteiger partial charge in [-0.25, -0.2) is 4.39 Å². The molecule has 0 fully saturated rings. The maximum Gasteiger partial charge on any atom is 0.132 e. The molecular weight excluding hydrogens is 267 g/mol. The summed E-state index contributed by atoms with van der Waals surface area (Å²) in [7, 11) is 1.64. The first-order valence-corrected chi connectivity index (χ1v) is 6.82. The van der Waals surface area contributed by atoms with Gasteiger partial charge in [-0.15, -0.1) is 0 Å². The molecule has 0 spiro atoms. The molecular formula is C17H17FN2O. The molecule has 2 N–H and O–H groups in total. The lowest BCUT2D eigenvalue weighted by Crippen LogP contribution is -2.03. The lowest BCUT2D eigenvalue weighted by molar-refractivity contribution is 0.409. The highest BCUT2D eigenvalue weighted by molar-refractivity contribution is 5.80. The van der Waals surface area contributed by atoms with Gasteiger partial charge < -0.3 is 15.0 Å². The average Bonchev–Trinajstić information content (AvgIpc) is 2.92. The molecule has 3 rings (SSSR count). The number of aromatic nitrogens is 1. The molecule has 0 saturated carbocycles. The van der Waals surface area contributed by atoms with Gasteiger partial charge in [-0.3, -0.25) is 0 Å². The molecule has 0 amide bonds. The van der Waals surface area contributed by atoms with Crippen molar-refractivity contribution in [3.8, 4) is 5.75 Å². The fraction of sp³-hybridized carbons (Fsp3) is 0.176. The van der Waals surface area contributed by atoms with E-state index in [1.807, 2.05) is 35.0 Å². The quantitative estimate of drug-likeness (QED) is 0.798. The molecule has 2 aromatic carbocycles. The van der Waals surface area contributed by atoms with Crippen molar-refractivity contribution in [2.45, 2.75) is 13.1 Å². The van der Waals surface area contributed by atoms with E-state index in [9.17, 15) is 4.39 Å². The molecule has 108 valence electrons. The second-order valence-corrected chi connectivity index (χ2v) is 4.97. The summed E-state index contributed by atoms with van der Waals surface area (Å²) in [5, 5.41) is 0.644. The second-order valence-electron chi connectivity index (χ2n) is 4.97. The Morgan fingerprint density at radius 2 is 2.05 bits per heavy atom. The first kappa shape index (κ1) is 13.6. The van der Waals surface area contributed by atoms with Gasteiger partial charge in [0, 0.05) is 30.2 Å². The summed E-state index contributed by atoms with van der Waals surface area (Å²) >= 11 is 0. The third-order valence-electron chi connectivity index (χ3n) is 3.68. The minimum atomic E-state index is -0.191. The number of halogens is 1. The van der Waals surface area contributed by atoms with E-state index in [4.69, 9.17) is 10.5 Å². The van der Waals surface area contributed by atoms with Gasteiger partial charge in [0.05, 0.1) is 12.6 Å². The third-order valence-corrected chi connectivity index (χ3v) is 3.68. The van der Waals surface area contributed by atoms with E-state index in [0.29, 0.717) is 18.5 Å². The fourth-order valence-electron chi connectivity index (χ4n) is 2.61. The van der Waals surface area contributed by atoms with Crippen LogP contribution in [0.2, 0.25) is 0 Å². The minimum Gasteiger partial charge on any atom is -0.496 e. The van der Waals surface area contributed by atoms with Gasteiger partial charge in [0.15, 0.2) is 0 Å². The van der Waals surface area contributed by atoms with Crippen LogP contribution in [0, 0.1) is 5.82 Å². The van der Waals surface area contributed by atoms with Crippen LogP contribution in [0.15, 0.2) is 48.7 Å². The van der Waals surface area contributed by atoms with Gasteiger partial charge in [0.25, 0.3) is 0 Å². The Kier molecular flexibility index (Phi) is 3.62. The Morgan fingerprint density at radius 3 is 2.81 bits per heavy atom. The van der Waals surface area contributed by atoms with Gasteiger partial charge in [0.1, 0.15) is 11.6 Å². The summed E-state index contributed by atoms with van der Waals surface area (Å²) in [5.74, 6) is 0.605. The predicted molar refractivity (Wildman–Crippen MR) is 81.9 cm³/mol. The van der Waals surface area contributed by atoms with E-state index in [-0.39, 0.29) is 5.82 Å². The van der Waals surface area contributed by atoms with Crippen LogP contribution in [0.4, 0.5) is 4.39 Å². The summed E-state index contributed by atoms with van der Waals surface area (Å²) in [6.45, 7) is 1.10. The van der Waals surface area contributed by atoms with Crippen molar-refractivity contribution >= 4 is 10.9 Å². The van der Waals surface area contributed by atoms with E-state index in [1.165, 1.54) is 6.07 Å². The summed E-state index contributed by atoms with van der Waals surface area (Å²) in [6, 6.07) is 12.9. The average molecular weight is 284 g/mol. The first-order chi connectivity index (χ1) is 10.2. The molecule has 21 heavy (non-hydrogen) atoms. The van der Waals surface area contributed by atoms with E-state index in [0.717, 1.165) is 22.4 Å². The number of fused-ring (bicyclic) bond motifs is 1. The molecule has 0 aliphatic heterocycles. The number of ether oxygens (including phenoxy) is 1. The van der Waals surface area contributed by atoms with Crippen LogP contribution < -0.4 is 10.5 Å². The maximum absolute atomic E-state index is 13.7. The molecule has 0 unspecified atom stereocenters. The summed E-state index contributed by atoms with van der Waals surface area (Å²) in [4.78, 5) is 0. The number of hydrogen-bond donors (Lipinski definition) is 1. The van der Waals surface area contributed by atoms with Crippen molar-refractivity contribution in [2.24, 2.45) is 5.73 Å². The number of nitrogens with two attached hydrogens (primary N) is 1. The molecule has 0 saturated heterocycles. The van der Waals surface area contributed by atoms with Gasteiger partial charge in [-0.05, 0) is 35.9 Å². The predicted octanol–water partition coefficient (Wildman–Crippen LogP) is 3.30. The second kappa shape index (κ2) is 5.58. The molecule has 0 aliphatic carbocycles. The van der Waals surface area contributed by atoms with Crippen molar-refractivity contribution in [1.82, 2.24) is 4.57 Å². The number of hydrogen-bond acceptors (Lipinski definition) is 2. The zero-order valence-electron chi connectivity index (χ0n) is 11.8. The largest absolute Gasteiger partial charge is 0.496 e. The van der Waals surface area contributed by atoms with Crippen LogP contribution in [0.3, 0.4) is 0 Å². The standard InChI is InChI=1S/C17H17FN2O/c1-21-17-6-5-12(9-13(17)10-19)11-20-8-7-14-15(18)3-2-4-16(14)20/h2-9H,10-11,19H2,1H3. The molecule has 4 heteroatoms. The smallest absolute Gasteiger partial charge is 0.132 e. The van der Waals surface area contributed by atoms with Crippen molar-refractivity contribution in [1.29, 1.82) is 0 Å². The lowest BCUT2D eigenvalue weighted by atomic mass is 10.1. The minimum absolute atomic E-state index is 0.191. The van der Waals surface area contributed by atoms with Crippen molar-refractivity contribution in [3.63, 3.8) is 0 Å². The van der Waals surface area contributed by atoms with Gasteiger partial charge in [-0.1, -0.05) is 12.1 Å². The number of benzene rings is 2. The van der Waals surface area contributed by atoms with Crippen LogP contribution in [0.25, 0.3) is 10.9 Å². The van der Waals surface area contributed by atoms with E-state index in [1.54, 1.807) is 19.2 Å². The van der Waals surface area contributed by atoms with Crippen LogP contribution in [0.5, 0.6) is 5.75 Å². The Labute approximate surface area is 122 Å². The lowest BCUT2D eigenvalue weighted by Gasteiger charge is -2.11. The highest BCUT2D eigenvalue weighted by atomic mass is 19.1. The van der Waals surface area contributed by atoms with Crippen molar-refractivity contribution in [3.05, 3.63) is 65.6 Å². The van der Waals surface area contributed by atoms with Gasteiger partial charge in [0.2, 0.25) is 0 Å². The summed E-state index contributed by atoms with van der Waals surface area (Å²) < 4.78 is 21.0. The Morgan fingerprint density at radius 1 is 1.19 bits per heavy atom. The van der Waals surface area contributed by atoms with Gasteiger partial charge >= 0.3 is 0 Å². The van der Waals surface area contributed by atoms with Crippen LogP contribution in [-0.2, 0) is 13.1 Å². The molecule has 0 atom stereocenters. The van der Waals surface area contributed by atoms with Gasteiger partial charge in [-0.2, -0.15) is 0 Å². The summed E-state index contributed by atoms with van der Waals surface area (Å²) in [6.07, 6.45) is 1.90.